The van der Waals surface area contributed by atoms with Crippen molar-refractivity contribution in [2.24, 2.45) is 0 Å². The van der Waals surface area contributed by atoms with Crippen LogP contribution in [0.1, 0.15) is 41.3 Å². The Morgan fingerprint density at radius 2 is 1.98 bits per heavy atom. The number of aliphatic carboxylic acids is 1. The van der Waals surface area contributed by atoms with Crippen molar-refractivity contribution in [3.05, 3.63) is 65.5 Å². The predicted molar refractivity (Wildman–Crippen MR) is 149 cm³/mol. The Morgan fingerprint density at radius 1 is 1.15 bits per heavy atom. The molecule has 12 heteroatoms. The van der Waals surface area contributed by atoms with E-state index in [1.54, 1.807) is 48.6 Å². The monoisotopic (exact) mass is 565 g/mol. The SMILES string of the molecule is CCN1c2ncc(CCOc3cccc4c3CCN(CCCC(=O)O)S4(=O)=O)cc2C(=O)N(C)c2cccnc21. The van der Waals surface area contributed by atoms with Gasteiger partial charge in [0, 0.05) is 57.5 Å². The summed E-state index contributed by atoms with van der Waals surface area (Å²) in [6, 6.07) is 10.5. The minimum Gasteiger partial charge on any atom is -0.493 e. The lowest BCUT2D eigenvalue weighted by atomic mass is 10.1. The van der Waals surface area contributed by atoms with Crippen molar-refractivity contribution in [3.8, 4) is 5.75 Å². The smallest absolute Gasteiger partial charge is 0.303 e. The Morgan fingerprint density at radius 3 is 2.75 bits per heavy atom. The van der Waals surface area contributed by atoms with E-state index in [1.807, 2.05) is 24.0 Å². The van der Waals surface area contributed by atoms with Gasteiger partial charge in [0.1, 0.15) is 11.6 Å². The van der Waals surface area contributed by atoms with Crippen molar-refractivity contribution < 1.29 is 27.9 Å². The first-order valence-corrected chi connectivity index (χ1v) is 14.6. The van der Waals surface area contributed by atoms with Gasteiger partial charge < -0.3 is 19.6 Å². The standard InChI is InChI=1S/C28H31N5O6S/c1-3-33-26-21(28(36)31(2)22-7-5-13-29-27(22)33)17-19(18-30-26)12-16-39-23-8-4-9-24-20(23)11-15-32(40(24,37)38)14-6-10-25(34)35/h4-5,7-9,13,17-18H,3,6,10-12,14-16H2,1-2H3,(H,34,35). The molecule has 2 aromatic heterocycles. The van der Waals surface area contributed by atoms with E-state index in [-0.39, 0.29) is 43.3 Å². The van der Waals surface area contributed by atoms with Gasteiger partial charge in [0.05, 0.1) is 22.8 Å². The van der Waals surface area contributed by atoms with Crippen molar-refractivity contribution in [1.82, 2.24) is 14.3 Å². The van der Waals surface area contributed by atoms with Gasteiger partial charge in [0.2, 0.25) is 10.0 Å². The summed E-state index contributed by atoms with van der Waals surface area (Å²) in [6.07, 6.45) is 4.54. The number of hydrogen-bond donors (Lipinski definition) is 1. The van der Waals surface area contributed by atoms with Gasteiger partial charge in [0.15, 0.2) is 5.82 Å². The normalized spacial score (nSPS) is 16.1. The third-order valence-electron chi connectivity index (χ3n) is 7.18. The molecular weight excluding hydrogens is 534 g/mol. The van der Waals surface area contributed by atoms with Crippen LogP contribution in [0, 0.1) is 0 Å². The zero-order chi connectivity index (χ0) is 28.4. The zero-order valence-electron chi connectivity index (χ0n) is 22.4. The number of carbonyl (C=O) groups is 2. The Bertz CT molecular complexity index is 1560. The van der Waals surface area contributed by atoms with E-state index in [2.05, 4.69) is 9.97 Å². The van der Waals surface area contributed by atoms with Crippen molar-refractivity contribution in [2.45, 2.75) is 37.5 Å². The van der Waals surface area contributed by atoms with Gasteiger partial charge in [0.25, 0.3) is 5.91 Å². The number of anilines is 3. The highest BCUT2D eigenvalue weighted by Crippen LogP contribution is 2.37. The molecule has 4 heterocycles. The van der Waals surface area contributed by atoms with Gasteiger partial charge in [-0.2, -0.15) is 4.31 Å². The van der Waals surface area contributed by atoms with Crippen LogP contribution in [0.4, 0.5) is 17.3 Å². The summed E-state index contributed by atoms with van der Waals surface area (Å²) >= 11 is 0. The second-order valence-corrected chi connectivity index (χ2v) is 11.6. The molecule has 0 saturated carbocycles. The summed E-state index contributed by atoms with van der Waals surface area (Å²) in [6.45, 7) is 3.27. The molecule has 1 aromatic carbocycles. The summed E-state index contributed by atoms with van der Waals surface area (Å²) in [5.41, 5.74) is 2.63. The van der Waals surface area contributed by atoms with E-state index in [0.717, 1.165) is 5.56 Å². The number of sulfonamides is 1. The average molecular weight is 566 g/mol. The quantitative estimate of drug-likeness (QED) is 0.415. The van der Waals surface area contributed by atoms with E-state index < -0.39 is 16.0 Å². The largest absolute Gasteiger partial charge is 0.493 e. The first kappa shape index (κ1) is 27.5. The highest BCUT2D eigenvalue weighted by molar-refractivity contribution is 7.89. The summed E-state index contributed by atoms with van der Waals surface area (Å²) < 4.78 is 33.7. The van der Waals surface area contributed by atoms with Gasteiger partial charge in [-0.3, -0.25) is 9.59 Å². The van der Waals surface area contributed by atoms with Gasteiger partial charge in [-0.05, 0) is 55.7 Å². The van der Waals surface area contributed by atoms with Crippen LogP contribution in [0.3, 0.4) is 0 Å². The third-order valence-corrected chi connectivity index (χ3v) is 9.16. The number of ether oxygens (including phenoxy) is 1. The number of pyridine rings is 2. The Hall–Kier alpha value is -4.03. The first-order chi connectivity index (χ1) is 19.2. The number of hydrogen-bond acceptors (Lipinski definition) is 8. The number of amides is 1. The summed E-state index contributed by atoms with van der Waals surface area (Å²) in [7, 11) is -2.01. The Labute approximate surface area is 233 Å². The molecule has 0 saturated heterocycles. The molecule has 2 aliphatic rings. The molecule has 1 amide bonds. The molecule has 2 aliphatic heterocycles. The van der Waals surface area contributed by atoms with Gasteiger partial charge in [-0.25, -0.2) is 18.4 Å². The molecule has 1 N–H and O–H groups in total. The van der Waals surface area contributed by atoms with E-state index >= 15 is 0 Å². The van der Waals surface area contributed by atoms with Crippen LogP contribution in [0.25, 0.3) is 0 Å². The fourth-order valence-electron chi connectivity index (χ4n) is 5.14. The van der Waals surface area contributed by atoms with E-state index in [1.165, 1.54) is 4.31 Å². The fraction of sp³-hybridized carbons (Fsp3) is 0.357. The lowest BCUT2D eigenvalue weighted by Gasteiger charge is -2.29. The second-order valence-electron chi connectivity index (χ2n) is 9.65. The number of carboxylic acids is 1. The minimum atomic E-state index is -3.74. The van der Waals surface area contributed by atoms with Crippen molar-refractivity contribution in [3.63, 3.8) is 0 Å². The van der Waals surface area contributed by atoms with Crippen LogP contribution in [-0.2, 0) is 27.7 Å². The number of benzene rings is 1. The maximum absolute atomic E-state index is 13.4. The number of nitrogens with zero attached hydrogens (tertiary/aromatic N) is 5. The molecule has 3 aromatic rings. The van der Waals surface area contributed by atoms with Gasteiger partial charge in [-0.15, -0.1) is 0 Å². The first-order valence-electron chi connectivity index (χ1n) is 13.2. The van der Waals surface area contributed by atoms with Crippen LogP contribution in [0.2, 0.25) is 0 Å². The molecule has 0 radical (unpaired) electrons. The van der Waals surface area contributed by atoms with Crippen LogP contribution in [0.15, 0.2) is 53.7 Å². The topological polar surface area (TPSA) is 133 Å². The summed E-state index contributed by atoms with van der Waals surface area (Å²) in [4.78, 5) is 37.0. The van der Waals surface area contributed by atoms with Crippen LogP contribution in [0.5, 0.6) is 5.75 Å². The molecule has 0 atom stereocenters. The zero-order valence-corrected chi connectivity index (χ0v) is 23.2. The number of aromatic nitrogens is 2. The van der Waals surface area contributed by atoms with Gasteiger partial charge >= 0.3 is 5.97 Å². The van der Waals surface area contributed by atoms with Crippen molar-refractivity contribution >= 4 is 39.2 Å². The van der Waals surface area contributed by atoms with E-state index in [4.69, 9.17) is 9.84 Å². The van der Waals surface area contributed by atoms with E-state index in [0.29, 0.717) is 53.6 Å². The van der Waals surface area contributed by atoms with Crippen LogP contribution < -0.4 is 14.5 Å². The number of carboxylic acid groups (broad SMARTS) is 1. The molecule has 40 heavy (non-hydrogen) atoms. The summed E-state index contributed by atoms with van der Waals surface area (Å²) in [5.74, 6) is 0.606. The number of carbonyl (C=O) groups excluding carboxylic acids is 1. The second kappa shape index (κ2) is 11.2. The average Bonchev–Trinajstić information content (AvgIpc) is 3.02. The maximum atomic E-state index is 13.4. The predicted octanol–water partition coefficient (Wildman–Crippen LogP) is 3.26. The number of rotatable bonds is 9. The fourth-order valence-corrected chi connectivity index (χ4v) is 6.88. The van der Waals surface area contributed by atoms with Crippen molar-refractivity contribution in [1.29, 1.82) is 0 Å². The number of fused-ring (bicyclic) bond motifs is 3. The lowest BCUT2D eigenvalue weighted by molar-refractivity contribution is -0.137. The van der Waals surface area contributed by atoms with E-state index in [9.17, 15) is 18.0 Å². The molecule has 0 fully saturated rings. The third kappa shape index (κ3) is 5.11. The molecule has 0 unspecified atom stereocenters. The molecular formula is C28H31N5O6S. The molecule has 11 nitrogen and oxygen atoms in total. The highest BCUT2D eigenvalue weighted by atomic mass is 32.2. The van der Waals surface area contributed by atoms with Crippen LogP contribution in [-0.4, -0.2) is 73.0 Å². The molecule has 5 rings (SSSR count). The molecule has 0 spiro atoms. The van der Waals surface area contributed by atoms with Crippen LogP contribution >= 0.6 is 0 Å². The van der Waals surface area contributed by atoms with Gasteiger partial charge in [-0.1, -0.05) is 6.07 Å². The Kier molecular flexibility index (Phi) is 7.72. The Balaban J connectivity index is 1.31. The molecule has 0 bridgehead atoms. The highest BCUT2D eigenvalue weighted by Gasteiger charge is 2.33. The maximum Gasteiger partial charge on any atom is 0.303 e. The molecule has 0 aliphatic carbocycles. The van der Waals surface area contributed by atoms with Crippen molar-refractivity contribution in [2.75, 3.05) is 43.1 Å². The summed E-state index contributed by atoms with van der Waals surface area (Å²) in [5, 5.41) is 8.88. The lowest BCUT2D eigenvalue weighted by Crippen LogP contribution is -2.38. The minimum absolute atomic E-state index is 0.0816. The molecule has 210 valence electrons.